The Bertz CT molecular complexity index is 414. The number of hydrogen-bond donors (Lipinski definition) is 2. The molecule has 0 aromatic carbocycles. The zero-order chi connectivity index (χ0) is 13.5. The highest BCUT2D eigenvalue weighted by Gasteiger charge is 2.09. The van der Waals surface area contributed by atoms with Crippen LogP contribution in [0.5, 0.6) is 0 Å². The first-order valence-corrected chi connectivity index (χ1v) is 7.37. The molecule has 1 aromatic heterocycles. The minimum Gasteiger partial charge on any atom is -0.366 e. The molecular weight excluding hydrogens is 270 g/mol. The van der Waals surface area contributed by atoms with Gasteiger partial charge in [-0.15, -0.1) is 0 Å². The van der Waals surface area contributed by atoms with Gasteiger partial charge in [-0.2, -0.15) is 11.8 Å². The number of nitrogens with zero attached hydrogens (tertiary/aromatic N) is 1. The SMILES string of the molecule is CCSCCC(C)Nc1ncc(C(N)=O)cc1Cl. The highest BCUT2D eigenvalue weighted by Crippen LogP contribution is 2.21. The van der Waals surface area contributed by atoms with Crippen LogP contribution in [-0.2, 0) is 0 Å². The maximum Gasteiger partial charge on any atom is 0.250 e. The van der Waals surface area contributed by atoms with Gasteiger partial charge in [0.1, 0.15) is 5.82 Å². The number of anilines is 1. The standard InChI is InChI=1S/C12H18ClN3OS/c1-3-18-5-4-8(2)16-12-10(13)6-9(7-15-12)11(14)17/h6-8H,3-5H2,1-2H3,(H2,14,17)(H,15,16). The first-order valence-electron chi connectivity index (χ1n) is 5.84. The van der Waals surface area contributed by atoms with E-state index >= 15 is 0 Å². The molecule has 100 valence electrons. The number of halogens is 1. The number of hydrogen-bond acceptors (Lipinski definition) is 4. The zero-order valence-corrected chi connectivity index (χ0v) is 12.1. The molecule has 1 atom stereocenters. The van der Waals surface area contributed by atoms with Gasteiger partial charge in [-0.25, -0.2) is 4.98 Å². The van der Waals surface area contributed by atoms with Crippen LogP contribution in [0.4, 0.5) is 5.82 Å². The van der Waals surface area contributed by atoms with Crippen molar-refractivity contribution in [1.29, 1.82) is 0 Å². The molecule has 6 heteroatoms. The fraction of sp³-hybridized carbons (Fsp3) is 0.500. The lowest BCUT2D eigenvalue weighted by Crippen LogP contribution is -2.18. The third-order valence-corrected chi connectivity index (χ3v) is 3.63. The molecule has 18 heavy (non-hydrogen) atoms. The molecule has 0 saturated carbocycles. The second-order valence-corrected chi connectivity index (χ2v) is 5.75. The lowest BCUT2D eigenvalue weighted by Gasteiger charge is -2.15. The molecule has 0 aliphatic carbocycles. The Kier molecular flexibility index (Phi) is 6.29. The summed E-state index contributed by atoms with van der Waals surface area (Å²) in [7, 11) is 0. The van der Waals surface area contributed by atoms with Crippen LogP contribution in [0.25, 0.3) is 0 Å². The summed E-state index contributed by atoms with van der Waals surface area (Å²) in [6.45, 7) is 4.22. The Balaban J connectivity index is 2.59. The molecule has 0 fully saturated rings. The molecule has 0 bridgehead atoms. The van der Waals surface area contributed by atoms with Gasteiger partial charge < -0.3 is 11.1 Å². The van der Waals surface area contributed by atoms with Crippen LogP contribution in [0.3, 0.4) is 0 Å². The summed E-state index contributed by atoms with van der Waals surface area (Å²) in [5.41, 5.74) is 5.47. The first-order chi connectivity index (χ1) is 8.54. The Labute approximate surface area is 117 Å². The van der Waals surface area contributed by atoms with Gasteiger partial charge in [0.2, 0.25) is 5.91 Å². The number of aromatic nitrogens is 1. The van der Waals surface area contributed by atoms with Crippen molar-refractivity contribution in [3.05, 3.63) is 22.8 Å². The van der Waals surface area contributed by atoms with Gasteiger partial charge in [0.15, 0.2) is 0 Å². The van der Waals surface area contributed by atoms with Crippen LogP contribution < -0.4 is 11.1 Å². The van der Waals surface area contributed by atoms with Gasteiger partial charge in [0, 0.05) is 12.2 Å². The van der Waals surface area contributed by atoms with E-state index in [2.05, 4.69) is 24.1 Å². The van der Waals surface area contributed by atoms with Crippen molar-refractivity contribution >= 4 is 35.1 Å². The van der Waals surface area contributed by atoms with Gasteiger partial charge in [0.05, 0.1) is 10.6 Å². The first kappa shape index (κ1) is 15.1. The molecule has 0 aliphatic heterocycles. The summed E-state index contributed by atoms with van der Waals surface area (Å²) >= 11 is 7.94. The number of thioether (sulfide) groups is 1. The molecule has 0 radical (unpaired) electrons. The second kappa shape index (κ2) is 7.48. The van der Waals surface area contributed by atoms with E-state index < -0.39 is 5.91 Å². The lowest BCUT2D eigenvalue weighted by molar-refractivity contribution is 0.1000. The summed E-state index contributed by atoms with van der Waals surface area (Å²) in [6.07, 6.45) is 2.47. The van der Waals surface area contributed by atoms with Crippen molar-refractivity contribution in [3.8, 4) is 0 Å². The van der Waals surface area contributed by atoms with Crippen LogP contribution in [-0.4, -0.2) is 28.4 Å². The van der Waals surface area contributed by atoms with E-state index in [1.165, 1.54) is 12.3 Å². The zero-order valence-electron chi connectivity index (χ0n) is 10.6. The number of rotatable bonds is 7. The Morgan fingerprint density at radius 3 is 2.94 bits per heavy atom. The fourth-order valence-electron chi connectivity index (χ4n) is 1.39. The van der Waals surface area contributed by atoms with Crippen molar-refractivity contribution in [3.63, 3.8) is 0 Å². The topological polar surface area (TPSA) is 68.0 Å². The summed E-state index contributed by atoms with van der Waals surface area (Å²) in [4.78, 5) is 15.1. The van der Waals surface area contributed by atoms with Gasteiger partial charge in [0.25, 0.3) is 0 Å². The number of nitrogens with one attached hydrogen (secondary N) is 1. The number of carbonyl (C=O) groups is 1. The van der Waals surface area contributed by atoms with Crippen LogP contribution in [0.2, 0.25) is 5.02 Å². The summed E-state index contributed by atoms with van der Waals surface area (Å²) in [6, 6.07) is 1.82. The van der Waals surface area contributed by atoms with E-state index in [4.69, 9.17) is 17.3 Å². The average molecular weight is 288 g/mol. The largest absolute Gasteiger partial charge is 0.366 e. The normalized spacial score (nSPS) is 12.2. The van der Waals surface area contributed by atoms with E-state index in [1.807, 2.05) is 11.8 Å². The lowest BCUT2D eigenvalue weighted by atomic mass is 10.2. The minimum absolute atomic E-state index is 0.286. The monoisotopic (exact) mass is 287 g/mol. The number of primary amides is 1. The predicted octanol–water partition coefficient (Wildman–Crippen LogP) is 2.78. The van der Waals surface area contributed by atoms with Crippen molar-refractivity contribution in [2.45, 2.75) is 26.3 Å². The van der Waals surface area contributed by atoms with Crippen molar-refractivity contribution in [1.82, 2.24) is 4.98 Å². The number of amides is 1. The van der Waals surface area contributed by atoms with Gasteiger partial charge in [-0.3, -0.25) is 4.79 Å². The predicted molar refractivity (Wildman–Crippen MR) is 78.5 cm³/mol. The molecule has 1 amide bonds. The van der Waals surface area contributed by atoms with Crippen LogP contribution >= 0.6 is 23.4 Å². The van der Waals surface area contributed by atoms with E-state index in [-0.39, 0.29) is 6.04 Å². The summed E-state index contributed by atoms with van der Waals surface area (Å²) in [5.74, 6) is 2.29. The smallest absolute Gasteiger partial charge is 0.250 e. The maximum atomic E-state index is 11.0. The average Bonchev–Trinajstić information content (AvgIpc) is 2.32. The minimum atomic E-state index is -0.525. The quantitative estimate of drug-likeness (QED) is 0.757. The number of carbonyl (C=O) groups excluding carboxylic acids is 1. The van der Waals surface area contributed by atoms with Crippen molar-refractivity contribution in [2.75, 3.05) is 16.8 Å². The molecule has 1 rings (SSSR count). The molecule has 4 nitrogen and oxygen atoms in total. The van der Waals surface area contributed by atoms with Crippen LogP contribution in [0.15, 0.2) is 12.3 Å². The van der Waals surface area contributed by atoms with Crippen LogP contribution in [0.1, 0.15) is 30.6 Å². The van der Waals surface area contributed by atoms with E-state index in [0.717, 1.165) is 17.9 Å². The number of pyridine rings is 1. The molecule has 1 aromatic rings. The van der Waals surface area contributed by atoms with E-state index in [1.54, 1.807) is 0 Å². The second-order valence-electron chi connectivity index (χ2n) is 3.95. The Morgan fingerprint density at radius 2 is 2.39 bits per heavy atom. The van der Waals surface area contributed by atoms with Gasteiger partial charge in [-0.05, 0) is 30.9 Å². The molecule has 1 unspecified atom stereocenters. The Hall–Kier alpha value is -0.940. The van der Waals surface area contributed by atoms with Crippen molar-refractivity contribution < 1.29 is 4.79 Å². The molecular formula is C12H18ClN3OS. The summed E-state index contributed by atoms with van der Waals surface area (Å²) < 4.78 is 0. The molecule has 3 N–H and O–H groups in total. The summed E-state index contributed by atoms with van der Waals surface area (Å²) in [5, 5.41) is 3.64. The molecule has 1 heterocycles. The van der Waals surface area contributed by atoms with Crippen LogP contribution in [0, 0.1) is 0 Å². The van der Waals surface area contributed by atoms with E-state index in [9.17, 15) is 4.79 Å². The Morgan fingerprint density at radius 1 is 1.67 bits per heavy atom. The van der Waals surface area contributed by atoms with Crippen molar-refractivity contribution in [2.24, 2.45) is 5.73 Å². The molecule has 0 aliphatic rings. The molecule has 0 saturated heterocycles. The third kappa shape index (κ3) is 4.74. The van der Waals surface area contributed by atoms with Gasteiger partial charge >= 0.3 is 0 Å². The highest BCUT2D eigenvalue weighted by atomic mass is 35.5. The number of nitrogens with two attached hydrogens (primary N) is 1. The maximum absolute atomic E-state index is 11.0. The van der Waals surface area contributed by atoms with Gasteiger partial charge in [-0.1, -0.05) is 18.5 Å². The van der Waals surface area contributed by atoms with E-state index in [0.29, 0.717) is 16.4 Å². The molecule has 0 spiro atoms. The fourth-order valence-corrected chi connectivity index (χ4v) is 2.42. The highest BCUT2D eigenvalue weighted by molar-refractivity contribution is 7.99. The third-order valence-electron chi connectivity index (χ3n) is 2.41.